The van der Waals surface area contributed by atoms with Gasteiger partial charge in [-0.05, 0) is 19.1 Å². The first-order chi connectivity index (χ1) is 15.9. The summed E-state index contributed by atoms with van der Waals surface area (Å²) in [7, 11) is 3.24. The molecule has 0 unspecified atom stereocenters. The molecule has 5 rings (SSSR count). The number of imidazole rings is 2. The number of benzene rings is 2. The van der Waals surface area contributed by atoms with E-state index < -0.39 is 11.2 Å². The molecule has 0 fully saturated rings. The van der Waals surface area contributed by atoms with Crippen LogP contribution in [0.2, 0.25) is 0 Å². The van der Waals surface area contributed by atoms with Crippen LogP contribution in [0.4, 0.5) is 0 Å². The summed E-state index contributed by atoms with van der Waals surface area (Å²) in [6.07, 6.45) is 1.89. The number of hydrogen-bond donors (Lipinski definition) is 0. The van der Waals surface area contributed by atoms with E-state index in [2.05, 4.69) is 6.58 Å². The van der Waals surface area contributed by atoms with E-state index in [1.807, 2.05) is 65.4 Å². The van der Waals surface area contributed by atoms with Crippen LogP contribution in [0, 0.1) is 0 Å². The van der Waals surface area contributed by atoms with Crippen molar-refractivity contribution in [1.29, 1.82) is 0 Å². The highest BCUT2D eigenvalue weighted by Crippen LogP contribution is 2.30. The van der Waals surface area contributed by atoms with Gasteiger partial charge in [-0.15, -0.1) is 0 Å². The second-order valence-corrected chi connectivity index (χ2v) is 8.06. The summed E-state index contributed by atoms with van der Waals surface area (Å²) >= 11 is 0. The number of allylic oxidation sites excluding steroid dienone is 1. The predicted molar refractivity (Wildman–Crippen MR) is 128 cm³/mol. The van der Waals surface area contributed by atoms with Crippen LogP contribution in [-0.2, 0) is 13.6 Å². The first-order valence-electron chi connectivity index (χ1n) is 10.5. The van der Waals surface area contributed by atoms with Gasteiger partial charge < -0.3 is 4.74 Å². The lowest BCUT2D eigenvalue weighted by atomic mass is 10.1. The van der Waals surface area contributed by atoms with E-state index in [0.29, 0.717) is 28.3 Å². The summed E-state index contributed by atoms with van der Waals surface area (Å²) in [5, 5.41) is 0. The van der Waals surface area contributed by atoms with Crippen molar-refractivity contribution >= 4 is 16.9 Å². The third-order valence-electron chi connectivity index (χ3n) is 5.66. The van der Waals surface area contributed by atoms with Crippen molar-refractivity contribution < 1.29 is 4.74 Å². The fourth-order valence-electron chi connectivity index (χ4n) is 4.12. The molecule has 5 aromatic rings. The Bertz CT molecular complexity index is 1650. The van der Waals surface area contributed by atoms with E-state index in [4.69, 9.17) is 9.72 Å². The maximum absolute atomic E-state index is 13.4. The summed E-state index contributed by atoms with van der Waals surface area (Å²) in [5.41, 5.74) is 3.21. The van der Waals surface area contributed by atoms with E-state index >= 15 is 0 Å². The Labute approximate surface area is 189 Å². The number of aromatic nitrogens is 5. The van der Waals surface area contributed by atoms with Gasteiger partial charge >= 0.3 is 5.69 Å². The fraction of sp³-hybridized carbons (Fsp3) is 0.160. The van der Waals surface area contributed by atoms with Crippen LogP contribution in [0.1, 0.15) is 6.92 Å². The van der Waals surface area contributed by atoms with E-state index in [1.54, 1.807) is 25.5 Å². The van der Waals surface area contributed by atoms with Crippen LogP contribution >= 0.6 is 0 Å². The van der Waals surface area contributed by atoms with E-state index in [0.717, 1.165) is 16.9 Å². The first-order valence-corrected chi connectivity index (χ1v) is 10.5. The van der Waals surface area contributed by atoms with Gasteiger partial charge in [0.25, 0.3) is 5.56 Å². The van der Waals surface area contributed by atoms with Crippen LogP contribution < -0.4 is 16.0 Å². The molecule has 0 bridgehead atoms. The Balaban J connectivity index is 1.93. The minimum absolute atomic E-state index is 0.150. The van der Waals surface area contributed by atoms with Crippen molar-refractivity contribution in [2.75, 3.05) is 7.11 Å². The predicted octanol–water partition coefficient (Wildman–Crippen LogP) is 3.39. The van der Waals surface area contributed by atoms with Gasteiger partial charge in [0.2, 0.25) is 5.78 Å². The van der Waals surface area contributed by atoms with Gasteiger partial charge in [-0.2, -0.15) is 4.98 Å². The molecule has 0 aliphatic rings. The summed E-state index contributed by atoms with van der Waals surface area (Å²) in [6.45, 7) is 5.80. The average Bonchev–Trinajstić information content (AvgIpc) is 3.37. The lowest BCUT2D eigenvalue weighted by Crippen LogP contribution is -2.39. The monoisotopic (exact) mass is 441 g/mol. The number of ether oxygens (including phenoxy) is 1. The quantitative estimate of drug-likeness (QED) is 0.392. The maximum Gasteiger partial charge on any atom is 0.332 e. The fourth-order valence-corrected chi connectivity index (χ4v) is 4.12. The van der Waals surface area contributed by atoms with Gasteiger partial charge in [-0.1, -0.05) is 48.6 Å². The molecule has 0 N–H and O–H groups in total. The van der Waals surface area contributed by atoms with Crippen molar-refractivity contribution in [3.8, 4) is 22.7 Å². The van der Waals surface area contributed by atoms with Crippen LogP contribution in [0.3, 0.4) is 0 Å². The standard InChI is InChI=1S/C25H23N5O3/c1-16(2)14-29-23(31)21-22(27(3)25(29)32)26-24-28(21)15-20(17-9-6-5-7-10-17)30(24)18-11-8-12-19(13-18)33-4/h5-13,15H,1,14H2,2-4H3. The van der Waals surface area contributed by atoms with Crippen molar-refractivity contribution in [1.82, 2.24) is 23.1 Å². The van der Waals surface area contributed by atoms with E-state index in [9.17, 15) is 9.59 Å². The molecule has 3 aromatic heterocycles. The zero-order valence-corrected chi connectivity index (χ0v) is 18.6. The summed E-state index contributed by atoms with van der Waals surface area (Å²) < 4.78 is 11.8. The molecule has 8 heteroatoms. The average molecular weight is 441 g/mol. The molecule has 0 spiro atoms. The van der Waals surface area contributed by atoms with Gasteiger partial charge in [-0.3, -0.25) is 22.9 Å². The normalized spacial score (nSPS) is 11.4. The molecule has 0 amide bonds. The first kappa shape index (κ1) is 20.6. The molecule has 166 valence electrons. The lowest BCUT2D eigenvalue weighted by molar-refractivity contribution is 0.414. The molecule has 0 aliphatic carbocycles. The Morgan fingerprint density at radius 3 is 2.55 bits per heavy atom. The Kier molecular flexibility index (Phi) is 4.78. The number of rotatable bonds is 5. The highest BCUT2D eigenvalue weighted by molar-refractivity contribution is 5.79. The second-order valence-electron chi connectivity index (χ2n) is 8.06. The van der Waals surface area contributed by atoms with Crippen LogP contribution in [0.25, 0.3) is 33.9 Å². The van der Waals surface area contributed by atoms with Crippen molar-refractivity contribution in [3.63, 3.8) is 0 Å². The summed E-state index contributed by atoms with van der Waals surface area (Å²) in [4.78, 5) is 31.0. The Morgan fingerprint density at radius 1 is 1.09 bits per heavy atom. The number of hydrogen-bond acceptors (Lipinski definition) is 4. The molecule has 0 aliphatic heterocycles. The molecule has 0 saturated carbocycles. The molecule has 8 nitrogen and oxygen atoms in total. The smallest absolute Gasteiger partial charge is 0.332 e. The number of nitrogens with zero attached hydrogens (tertiary/aromatic N) is 5. The zero-order valence-electron chi connectivity index (χ0n) is 18.6. The van der Waals surface area contributed by atoms with Crippen molar-refractivity contribution in [2.45, 2.75) is 13.5 Å². The minimum atomic E-state index is -0.424. The van der Waals surface area contributed by atoms with Gasteiger partial charge in [-0.25, -0.2) is 4.79 Å². The van der Waals surface area contributed by atoms with Gasteiger partial charge in [0.05, 0.1) is 25.0 Å². The SMILES string of the molecule is C=C(C)Cn1c(=O)c2c(nc3n(-c4cccc(OC)c4)c(-c4ccccc4)cn23)n(C)c1=O. The number of aryl methyl sites for hydroxylation is 1. The van der Waals surface area contributed by atoms with Crippen LogP contribution in [0.5, 0.6) is 5.75 Å². The third-order valence-corrected chi connectivity index (χ3v) is 5.66. The molecule has 0 radical (unpaired) electrons. The Morgan fingerprint density at radius 2 is 1.85 bits per heavy atom. The van der Waals surface area contributed by atoms with Crippen LogP contribution in [0.15, 0.2) is 82.5 Å². The third kappa shape index (κ3) is 3.18. The lowest BCUT2D eigenvalue weighted by Gasteiger charge is -2.10. The van der Waals surface area contributed by atoms with E-state index in [-0.39, 0.29) is 6.54 Å². The largest absolute Gasteiger partial charge is 0.497 e. The highest BCUT2D eigenvalue weighted by atomic mass is 16.5. The van der Waals surface area contributed by atoms with Crippen molar-refractivity contribution in [2.24, 2.45) is 7.05 Å². The number of fused-ring (bicyclic) bond motifs is 3. The Hall–Kier alpha value is -4.33. The molecule has 0 saturated heterocycles. The maximum atomic E-state index is 13.4. The molecule has 3 heterocycles. The highest BCUT2D eigenvalue weighted by Gasteiger charge is 2.22. The number of methoxy groups -OCH3 is 1. The zero-order chi connectivity index (χ0) is 23.3. The van der Waals surface area contributed by atoms with Gasteiger partial charge in [0, 0.05) is 24.9 Å². The molecule has 33 heavy (non-hydrogen) atoms. The molecular weight excluding hydrogens is 418 g/mol. The topological polar surface area (TPSA) is 75.5 Å². The summed E-state index contributed by atoms with van der Waals surface area (Å²) in [5.74, 6) is 1.22. The minimum Gasteiger partial charge on any atom is -0.497 e. The molecular formula is C25H23N5O3. The van der Waals surface area contributed by atoms with Gasteiger partial charge in [0.1, 0.15) is 5.75 Å². The summed E-state index contributed by atoms with van der Waals surface area (Å²) in [6, 6.07) is 17.5. The van der Waals surface area contributed by atoms with Gasteiger partial charge in [0.15, 0.2) is 11.2 Å². The van der Waals surface area contributed by atoms with Crippen molar-refractivity contribution in [3.05, 3.63) is 93.8 Å². The molecule has 0 atom stereocenters. The molecule has 2 aromatic carbocycles. The van der Waals surface area contributed by atoms with Crippen LogP contribution in [-0.4, -0.2) is 30.2 Å². The van der Waals surface area contributed by atoms with E-state index in [1.165, 1.54) is 9.13 Å². The second kappa shape index (κ2) is 7.67.